The molecule has 104 valence electrons. The molecule has 0 aliphatic carbocycles. The molecule has 0 heterocycles. The molecule has 1 heteroatoms. The van der Waals surface area contributed by atoms with E-state index in [0.717, 1.165) is 22.3 Å². The van der Waals surface area contributed by atoms with Gasteiger partial charge in [-0.15, -0.1) is 0 Å². The van der Waals surface area contributed by atoms with E-state index in [1.165, 1.54) is 16.7 Å². The highest BCUT2D eigenvalue weighted by molar-refractivity contribution is 6.00. The van der Waals surface area contributed by atoms with Crippen molar-refractivity contribution < 1.29 is 4.79 Å². The predicted octanol–water partition coefficient (Wildman–Crippen LogP) is 4.65. The fourth-order valence-corrected chi connectivity index (χ4v) is 3.00. The lowest BCUT2D eigenvalue weighted by Gasteiger charge is -2.13. The summed E-state index contributed by atoms with van der Waals surface area (Å²) in [6.07, 6.45) is 0.489. The van der Waals surface area contributed by atoms with E-state index < -0.39 is 0 Å². The zero-order valence-electron chi connectivity index (χ0n) is 13.0. The van der Waals surface area contributed by atoms with Crippen LogP contribution in [0.5, 0.6) is 0 Å². The third-order valence-corrected chi connectivity index (χ3v) is 3.94. The first-order valence-corrected chi connectivity index (χ1v) is 7.06. The molecule has 0 atom stereocenters. The first-order valence-electron chi connectivity index (χ1n) is 7.06. The number of carbonyl (C=O) groups is 1. The van der Waals surface area contributed by atoms with Gasteiger partial charge in [0.25, 0.3) is 0 Å². The van der Waals surface area contributed by atoms with E-state index >= 15 is 0 Å². The SMILES string of the molecule is Cc1cc(C)c(C(=O)Cc2c(C)cccc2C)c(C)c1. The molecule has 0 saturated carbocycles. The molecule has 0 radical (unpaired) electrons. The molecule has 2 rings (SSSR count). The van der Waals surface area contributed by atoms with Crippen LogP contribution in [0, 0.1) is 34.6 Å². The zero-order chi connectivity index (χ0) is 14.9. The van der Waals surface area contributed by atoms with Gasteiger partial charge in [-0.1, -0.05) is 35.9 Å². The van der Waals surface area contributed by atoms with Crippen LogP contribution < -0.4 is 0 Å². The summed E-state index contributed by atoms with van der Waals surface area (Å²) in [7, 11) is 0. The minimum absolute atomic E-state index is 0.220. The van der Waals surface area contributed by atoms with Crippen molar-refractivity contribution in [2.24, 2.45) is 0 Å². The molecule has 0 aromatic heterocycles. The van der Waals surface area contributed by atoms with Crippen molar-refractivity contribution >= 4 is 5.78 Å². The van der Waals surface area contributed by atoms with Crippen molar-refractivity contribution in [1.82, 2.24) is 0 Å². The van der Waals surface area contributed by atoms with Crippen LogP contribution in [0.15, 0.2) is 30.3 Å². The third-order valence-electron chi connectivity index (χ3n) is 3.94. The molecule has 0 N–H and O–H groups in total. The zero-order valence-corrected chi connectivity index (χ0v) is 13.0. The molecule has 20 heavy (non-hydrogen) atoms. The van der Waals surface area contributed by atoms with Gasteiger partial charge >= 0.3 is 0 Å². The van der Waals surface area contributed by atoms with Crippen LogP contribution in [0.4, 0.5) is 0 Å². The van der Waals surface area contributed by atoms with E-state index in [4.69, 9.17) is 0 Å². The first kappa shape index (κ1) is 14.5. The van der Waals surface area contributed by atoms with Crippen LogP contribution >= 0.6 is 0 Å². The normalized spacial score (nSPS) is 10.7. The average Bonchev–Trinajstić information content (AvgIpc) is 2.32. The summed E-state index contributed by atoms with van der Waals surface area (Å²) >= 11 is 0. The second kappa shape index (κ2) is 5.62. The lowest BCUT2D eigenvalue weighted by Crippen LogP contribution is -2.10. The number of aryl methyl sites for hydroxylation is 5. The number of hydrogen-bond acceptors (Lipinski definition) is 1. The summed E-state index contributed by atoms with van der Waals surface area (Å²) in [5.41, 5.74) is 7.82. The van der Waals surface area contributed by atoms with Crippen molar-refractivity contribution in [3.63, 3.8) is 0 Å². The highest BCUT2D eigenvalue weighted by Crippen LogP contribution is 2.21. The van der Waals surface area contributed by atoms with E-state index in [-0.39, 0.29) is 5.78 Å². The molecule has 0 unspecified atom stereocenters. The number of Topliss-reactive ketones (excluding diaryl/α,β-unsaturated/α-hetero) is 1. The Morgan fingerprint density at radius 2 is 1.35 bits per heavy atom. The van der Waals surface area contributed by atoms with E-state index in [9.17, 15) is 4.79 Å². The Labute approximate surface area is 121 Å². The standard InChI is InChI=1S/C19H22O/c1-12-9-15(4)19(16(5)10-12)18(20)11-17-13(2)7-6-8-14(17)3/h6-10H,11H2,1-5H3. The van der Waals surface area contributed by atoms with Crippen LogP contribution in [0.3, 0.4) is 0 Å². The van der Waals surface area contributed by atoms with Gasteiger partial charge in [-0.25, -0.2) is 0 Å². The van der Waals surface area contributed by atoms with Gasteiger partial charge in [0, 0.05) is 12.0 Å². The molecule has 2 aromatic carbocycles. The second-order valence-corrected chi connectivity index (χ2v) is 5.74. The average molecular weight is 266 g/mol. The molecule has 0 bridgehead atoms. The molecule has 0 aliphatic heterocycles. The third kappa shape index (κ3) is 2.82. The van der Waals surface area contributed by atoms with Gasteiger partial charge < -0.3 is 0 Å². The number of benzene rings is 2. The molecule has 0 aliphatic rings. The molecule has 2 aromatic rings. The van der Waals surface area contributed by atoms with Gasteiger partial charge in [-0.2, -0.15) is 0 Å². The Balaban J connectivity index is 2.39. The first-order chi connectivity index (χ1) is 9.40. The quantitative estimate of drug-likeness (QED) is 0.739. The smallest absolute Gasteiger partial charge is 0.167 e. The van der Waals surface area contributed by atoms with E-state index in [1.807, 2.05) is 19.9 Å². The van der Waals surface area contributed by atoms with Gasteiger partial charge in [-0.3, -0.25) is 4.79 Å². The van der Waals surface area contributed by atoms with Crippen LogP contribution in [-0.4, -0.2) is 5.78 Å². The summed E-state index contributed by atoms with van der Waals surface area (Å²) in [4.78, 5) is 12.7. The Bertz CT molecular complexity index is 622. The maximum Gasteiger partial charge on any atom is 0.167 e. The van der Waals surface area contributed by atoms with E-state index in [1.54, 1.807) is 0 Å². The predicted molar refractivity (Wildman–Crippen MR) is 84.6 cm³/mol. The highest BCUT2D eigenvalue weighted by Gasteiger charge is 2.15. The van der Waals surface area contributed by atoms with Crippen LogP contribution in [0.1, 0.15) is 43.7 Å². The number of ketones is 1. The Kier molecular flexibility index (Phi) is 4.08. The van der Waals surface area contributed by atoms with E-state index in [2.05, 4.69) is 45.0 Å². The van der Waals surface area contributed by atoms with Gasteiger partial charge in [0.15, 0.2) is 5.78 Å². The number of rotatable bonds is 3. The summed E-state index contributed by atoms with van der Waals surface area (Å²) in [6, 6.07) is 10.4. The molecule has 0 fully saturated rings. The lowest BCUT2D eigenvalue weighted by atomic mass is 9.91. The molecular weight excluding hydrogens is 244 g/mol. The molecule has 0 amide bonds. The van der Waals surface area contributed by atoms with Crippen LogP contribution in [-0.2, 0) is 6.42 Å². The summed E-state index contributed by atoms with van der Waals surface area (Å²) in [5.74, 6) is 0.220. The Hall–Kier alpha value is -1.89. The van der Waals surface area contributed by atoms with E-state index in [0.29, 0.717) is 6.42 Å². The van der Waals surface area contributed by atoms with Gasteiger partial charge in [0.2, 0.25) is 0 Å². The largest absolute Gasteiger partial charge is 0.294 e. The minimum atomic E-state index is 0.220. The van der Waals surface area contributed by atoms with Gasteiger partial charge in [0.05, 0.1) is 0 Å². The van der Waals surface area contributed by atoms with Crippen molar-refractivity contribution in [3.05, 3.63) is 69.3 Å². The van der Waals surface area contributed by atoms with Crippen LogP contribution in [0.2, 0.25) is 0 Å². The van der Waals surface area contributed by atoms with Crippen LogP contribution in [0.25, 0.3) is 0 Å². The summed E-state index contributed by atoms with van der Waals surface area (Å²) in [6.45, 7) is 10.3. The van der Waals surface area contributed by atoms with Crippen molar-refractivity contribution in [2.45, 2.75) is 41.0 Å². The summed E-state index contributed by atoms with van der Waals surface area (Å²) in [5, 5.41) is 0. The Morgan fingerprint density at radius 3 is 1.85 bits per heavy atom. The topological polar surface area (TPSA) is 17.1 Å². The fraction of sp³-hybridized carbons (Fsp3) is 0.316. The Morgan fingerprint density at radius 1 is 0.850 bits per heavy atom. The fourth-order valence-electron chi connectivity index (χ4n) is 3.00. The maximum atomic E-state index is 12.7. The second-order valence-electron chi connectivity index (χ2n) is 5.74. The number of carbonyl (C=O) groups excluding carboxylic acids is 1. The summed E-state index contributed by atoms with van der Waals surface area (Å²) < 4.78 is 0. The van der Waals surface area contributed by atoms with Gasteiger partial charge in [-0.05, 0) is 62.4 Å². The minimum Gasteiger partial charge on any atom is -0.294 e. The van der Waals surface area contributed by atoms with Gasteiger partial charge in [0.1, 0.15) is 0 Å². The molecule has 1 nitrogen and oxygen atoms in total. The molecule has 0 spiro atoms. The maximum absolute atomic E-state index is 12.7. The van der Waals surface area contributed by atoms with Crippen molar-refractivity contribution in [2.75, 3.05) is 0 Å². The highest BCUT2D eigenvalue weighted by atomic mass is 16.1. The molecule has 0 saturated heterocycles. The van der Waals surface area contributed by atoms with Crippen molar-refractivity contribution in [1.29, 1.82) is 0 Å². The number of hydrogen-bond donors (Lipinski definition) is 0. The van der Waals surface area contributed by atoms with Crippen molar-refractivity contribution in [3.8, 4) is 0 Å². The monoisotopic (exact) mass is 266 g/mol. The lowest BCUT2D eigenvalue weighted by molar-refractivity contribution is 0.0991. The molecular formula is C19H22O.